The molecule has 5 rings (SSSR count). The standard InChI is InChI=1S/C35H43F3N6O2/c1-22(39)44-16-13-23(14-17-44)21-42-34(46)31(25-6-3-2-4-7-25)43-33(45)30(26-8-5-9-28(20-26)35(36,37)38)19-24-10-11-29-27(18-24)12-15-41-32(29)40/h5,8-12,15,18,20,23,25,30-31,39H,2-4,6-7,13-14,16-17,19,21H2,1H3,(H2,40,41)(H,42,46)(H,43,45)/t30?,31-/m0/s1. The van der Waals surface area contributed by atoms with Crippen LogP contribution in [-0.2, 0) is 22.2 Å². The van der Waals surface area contributed by atoms with Gasteiger partial charge in [0.05, 0.1) is 17.3 Å². The van der Waals surface area contributed by atoms with Gasteiger partial charge in [0.15, 0.2) is 0 Å². The molecule has 11 heteroatoms. The van der Waals surface area contributed by atoms with Crippen molar-refractivity contribution < 1.29 is 22.8 Å². The number of piperidine rings is 1. The lowest BCUT2D eigenvalue weighted by molar-refractivity contribution is -0.137. The number of rotatable bonds is 9. The number of pyridine rings is 1. The number of aromatic nitrogens is 1. The molecule has 0 bridgehead atoms. The molecule has 1 aliphatic heterocycles. The van der Waals surface area contributed by atoms with E-state index in [1.54, 1.807) is 31.3 Å². The van der Waals surface area contributed by atoms with Crippen molar-refractivity contribution in [2.75, 3.05) is 25.4 Å². The molecule has 2 amide bonds. The first-order valence-electron chi connectivity index (χ1n) is 16.2. The van der Waals surface area contributed by atoms with E-state index in [9.17, 15) is 22.8 Å². The number of amides is 2. The molecule has 1 unspecified atom stereocenters. The number of alkyl halides is 3. The Morgan fingerprint density at radius 2 is 1.76 bits per heavy atom. The van der Waals surface area contributed by atoms with Crippen molar-refractivity contribution in [1.29, 1.82) is 5.41 Å². The quantitative estimate of drug-likeness (QED) is 0.168. The van der Waals surface area contributed by atoms with Crippen molar-refractivity contribution in [1.82, 2.24) is 20.5 Å². The zero-order valence-corrected chi connectivity index (χ0v) is 26.2. The average molecular weight is 637 g/mol. The number of hydrogen-bond acceptors (Lipinski definition) is 5. The number of nitrogens with two attached hydrogens (primary N) is 1. The Morgan fingerprint density at radius 1 is 1.02 bits per heavy atom. The Labute approximate surface area is 267 Å². The number of nitrogens with zero attached hydrogens (tertiary/aromatic N) is 2. The second kappa shape index (κ2) is 14.5. The molecule has 2 aliphatic rings. The van der Waals surface area contributed by atoms with Crippen LogP contribution in [0.15, 0.2) is 54.7 Å². The SMILES string of the molecule is CC(=N)N1CCC(CNC(=O)[C@@H](NC(=O)C(Cc2ccc3c(N)nccc3c2)c2cccc(C(F)(F)F)c2)C2CCCCC2)CC1. The van der Waals surface area contributed by atoms with Crippen LogP contribution in [0, 0.1) is 17.2 Å². The third-order valence-corrected chi connectivity index (χ3v) is 9.59. The normalized spacial score (nSPS) is 17.8. The highest BCUT2D eigenvalue weighted by Crippen LogP contribution is 2.33. The maximum atomic E-state index is 14.2. The Hall–Kier alpha value is -4.15. The summed E-state index contributed by atoms with van der Waals surface area (Å²) in [4.78, 5) is 34.0. The van der Waals surface area contributed by atoms with Gasteiger partial charge < -0.3 is 21.3 Å². The smallest absolute Gasteiger partial charge is 0.383 e. The molecular weight excluding hydrogens is 593 g/mol. The zero-order chi connectivity index (χ0) is 32.8. The van der Waals surface area contributed by atoms with E-state index in [0.717, 1.165) is 86.5 Å². The molecule has 2 heterocycles. The number of carbonyl (C=O) groups excluding carboxylic acids is 2. The first kappa shape index (κ1) is 33.2. The number of likely N-dealkylation sites (tertiary alicyclic amines) is 1. The number of fused-ring (bicyclic) bond motifs is 1. The van der Waals surface area contributed by atoms with Crippen molar-refractivity contribution in [3.05, 3.63) is 71.4 Å². The van der Waals surface area contributed by atoms with Crippen molar-refractivity contribution in [2.45, 2.75) is 76.4 Å². The summed E-state index contributed by atoms with van der Waals surface area (Å²) in [7, 11) is 0. The fourth-order valence-corrected chi connectivity index (χ4v) is 6.85. The number of carbonyl (C=O) groups is 2. The van der Waals surface area contributed by atoms with Crippen LogP contribution in [0.2, 0.25) is 0 Å². The monoisotopic (exact) mass is 636 g/mol. The molecule has 0 spiro atoms. The molecule has 1 saturated heterocycles. The van der Waals surface area contributed by atoms with Gasteiger partial charge in [-0.3, -0.25) is 15.0 Å². The Morgan fingerprint density at radius 3 is 2.46 bits per heavy atom. The predicted octanol–water partition coefficient (Wildman–Crippen LogP) is 6.05. The first-order chi connectivity index (χ1) is 22.0. The molecule has 1 saturated carbocycles. The summed E-state index contributed by atoms with van der Waals surface area (Å²) in [5.74, 6) is -0.561. The van der Waals surface area contributed by atoms with E-state index in [2.05, 4.69) is 15.6 Å². The van der Waals surface area contributed by atoms with Crippen LogP contribution >= 0.6 is 0 Å². The van der Waals surface area contributed by atoms with Gasteiger partial charge in [0, 0.05) is 31.2 Å². The molecule has 8 nitrogen and oxygen atoms in total. The van der Waals surface area contributed by atoms with Crippen LogP contribution in [0.25, 0.3) is 10.8 Å². The van der Waals surface area contributed by atoms with Gasteiger partial charge in [-0.25, -0.2) is 4.98 Å². The van der Waals surface area contributed by atoms with E-state index in [1.165, 1.54) is 6.07 Å². The molecular formula is C35H43F3N6O2. The summed E-state index contributed by atoms with van der Waals surface area (Å²) in [6.45, 7) is 3.80. The van der Waals surface area contributed by atoms with Crippen LogP contribution in [0.3, 0.4) is 0 Å². The molecule has 5 N–H and O–H groups in total. The molecule has 46 heavy (non-hydrogen) atoms. The highest BCUT2D eigenvalue weighted by Gasteiger charge is 2.35. The highest BCUT2D eigenvalue weighted by molar-refractivity contribution is 5.92. The van der Waals surface area contributed by atoms with Crippen LogP contribution in [0.4, 0.5) is 19.0 Å². The van der Waals surface area contributed by atoms with Gasteiger partial charge in [0.2, 0.25) is 11.8 Å². The molecule has 1 aromatic heterocycles. The minimum absolute atomic E-state index is 0.0570. The Balaban J connectivity index is 1.39. The summed E-state index contributed by atoms with van der Waals surface area (Å²) >= 11 is 0. The third-order valence-electron chi connectivity index (χ3n) is 9.59. The fourth-order valence-electron chi connectivity index (χ4n) is 6.85. The molecule has 1 aliphatic carbocycles. The van der Waals surface area contributed by atoms with Crippen molar-refractivity contribution >= 4 is 34.2 Å². The third kappa shape index (κ3) is 8.16. The topological polar surface area (TPSA) is 124 Å². The minimum Gasteiger partial charge on any atom is -0.383 e. The maximum absolute atomic E-state index is 14.2. The van der Waals surface area contributed by atoms with Gasteiger partial charge in [0.25, 0.3) is 0 Å². The van der Waals surface area contributed by atoms with E-state index in [0.29, 0.717) is 18.2 Å². The molecule has 3 aromatic rings. The number of nitrogen functional groups attached to an aromatic ring is 1. The van der Waals surface area contributed by atoms with Crippen molar-refractivity contribution in [2.24, 2.45) is 11.8 Å². The van der Waals surface area contributed by atoms with Crippen molar-refractivity contribution in [3.63, 3.8) is 0 Å². The highest BCUT2D eigenvalue weighted by atomic mass is 19.4. The molecule has 2 aromatic carbocycles. The lowest BCUT2D eigenvalue weighted by Gasteiger charge is -2.34. The second-order valence-electron chi connectivity index (χ2n) is 12.8. The number of hydrogen-bond donors (Lipinski definition) is 4. The molecule has 2 atom stereocenters. The molecule has 0 radical (unpaired) electrons. The summed E-state index contributed by atoms with van der Waals surface area (Å²) in [6, 6.07) is 11.4. The van der Waals surface area contributed by atoms with Crippen molar-refractivity contribution in [3.8, 4) is 0 Å². The van der Waals surface area contributed by atoms with Crippen LogP contribution < -0.4 is 16.4 Å². The fraction of sp³-hybridized carbons (Fsp3) is 0.486. The van der Waals surface area contributed by atoms with Crippen LogP contribution in [-0.4, -0.2) is 53.2 Å². The summed E-state index contributed by atoms with van der Waals surface area (Å²) in [5.41, 5.74) is 6.18. The molecule has 2 fully saturated rings. The van der Waals surface area contributed by atoms with Gasteiger partial charge in [-0.1, -0.05) is 55.7 Å². The number of nitrogens with one attached hydrogen (secondary N) is 3. The van der Waals surface area contributed by atoms with E-state index < -0.39 is 29.6 Å². The van der Waals surface area contributed by atoms with Crippen LogP contribution in [0.5, 0.6) is 0 Å². The second-order valence-corrected chi connectivity index (χ2v) is 12.8. The summed E-state index contributed by atoms with van der Waals surface area (Å²) in [6.07, 6.45) is 3.45. The van der Waals surface area contributed by atoms with Gasteiger partial charge in [0.1, 0.15) is 11.9 Å². The largest absolute Gasteiger partial charge is 0.416 e. The van der Waals surface area contributed by atoms with Crippen LogP contribution in [0.1, 0.15) is 74.5 Å². The Kier molecular flexibility index (Phi) is 10.5. The lowest BCUT2D eigenvalue weighted by atomic mass is 9.82. The zero-order valence-electron chi connectivity index (χ0n) is 26.2. The van der Waals surface area contributed by atoms with E-state index >= 15 is 0 Å². The van der Waals surface area contributed by atoms with E-state index in [1.807, 2.05) is 17.0 Å². The number of halogens is 3. The average Bonchev–Trinajstić information content (AvgIpc) is 3.05. The first-order valence-corrected chi connectivity index (χ1v) is 16.2. The van der Waals surface area contributed by atoms with E-state index in [4.69, 9.17) is 11.1 Å². The molecule has 246 valence electrons. The summed E-state index contributed by atoms with van der Waals surface area (Å²) in [5, 5.41) is 15.5. The van der Waals surface area contributed by atoms with Gasteiger partial charge in [-0.2, -0.15) is 13.2 Å². The van der Waals surface area contributed by atoms with Gasteiger partial charge >= 0.3 is 6.18 Å². The Bertz CT molecular complexity index is 1550. The number of benzene rings is 2. The van der Waals surface area contributed by atoms with E-state index in [-0.39, 0.29) is 29.7 Å². The number of amidine groups is 1. The summed E-state index contributed by atoms with van der Waals surface area (Å²) < 4.78 is 41.2. The van der Waals surface area contributed by atoms with Gasteiger partial charge in [-0.15, -0.1) is 0 Å². The maximum Gasteiger partial charge on any atom is 0.416 e. The number of anilines is 1. The lowest BCUT2D eigenvalue weighted by Crippen LogP contribution is -2.53. The minimum atomic E-state index is -4.57. The predicted molar refractivity (Wildman–Crippen MR) is 173 cm³/mol. The van der Waals surface area contributed by atoms with Gasteiger partial charge in [-0.05, 0) is 79.5 Å².